The zero-order chi connectivity index (χ0) is 15.0. The van der Waals surface area contributed by atoms with Crippen molar-refractivity contribution in [3.05, 3.63) is 35.9 Å². The molecule has 0 saturated heterocycles. The van der Waals surface area contributed by atoms with Gasteiger partial charge in [-0.1, -0.05) is 44.2 Å². The molecule has 0 bridgehead atoms. The highest BCUT2D eigenvalue weighted by atomic mass is 31.2. The maximum atomic E-state index is 12.7. The lowest BCUT2D eigenvalue weighted by Gasteiger charge is -2.25. The van der Waals surface area contributed by atoms with Gasteiger partial charge in [0, 0.05) is 0 Å². The molecule has 2 unspecified atom stereocenters. The van der Waals surface area contributed by atoms with Crippen LogP contribution in [0.5, 0.6) is 0 Å². The largest absolute Gasteiger partial charge is 0.333 e. The molecule has 0 radical (unpaired) electrons. The molecule has 20 heavy (non-hydrogen) atoms. The molecule has 0 amide bonds. The van der Waals surface area contributed by atoms with Crippen LogP contribution in [0.3, 0.4) is 0 Å². The van der Waals surface area contributed by atoms with Gasteiger partial charge in [0.05, 0.1) is 18.9 Å². The van der Waals surface area contributed by atoms with Crippen LogP contribution in [-0.2, 0) is 20.0 Å². The fourth-order valence-corrected chi connectivity index (χ4v) is 4.38. The number of hydrogen-bond acceptors (Lipinski definition) is 3. The van der Waals surface area contributed by atoms with E-state index >= 15 is 0 Å². The molecule has 3 nitrogen and oxygen atoms in total. The molecule has 1 rings (SSSR count). The zero-order valence-corrected chi connectivity index (χ0v) is 13.9. The van der Waals surface area contributed by atoms with Crippen LogP contribution in [0.15, 0.2) is 30.3 Å². The molecule has 0 saturated carbocycles. The van der Waals surface area contributed by atoms with Gasteiger partial charge in [-0.3, -0.25) is 4.57 Å². The molecule has 114 valence electrons. The molecule has 0 fully saturated rings. The molecule has 2 atom stereocenters. The summed E-state index contributed by atoms with van der Waals surface area (Å²) in [7, 11) is -2.97. The molecule has 0 N–H and O–H groups in total. The molecule has 1 aromatic rings. The van der Waals surface area contributed by atoms with Gasteiger partial charge in [0.1, 0.15) is 0 Å². The van der Waals surface area contributed by atoms with Crippen LogP contribution < -0.4 is 0 Å². The fraction of sp³-hybridized carbons (Fsp3) is 0.625. The third-order valence-electron chi connectivity index (χ3n) is 3.33. The van der Waals surface area contributed by atoms with E-state index in [0.29, 0.717) is 19.1 Å². The maximum Gasteiger partial charge on any atom is 0.333 e. The lowest BCUT2D eigenvalue weighted by atomic mass is 9.97. The van der Waals surface area contributed by atoms with Crippen molar-refractivity contribution in [3.63, 3.8) is 0 Å². The predicted molar refractivity (Wildman–Crippen MR) is 84.2 cm³/mol. The van der Waals surface area contributed by atoms with E-state index in [0.717, 1.165) is 12.8 Å². The molecular weight excluding hydrogens is 271 g/mol. The second kappa shape index (κ2) is 8.61. The summed E-state index contributed by atoms with van der Waals surface area (Å²) in [5.41, 5.74) is 1.25. The lowest BCUT2D eigenvalue weighted by Crippen LogP contribution is -2.14. The Hall–Kier alpha value is -0.630. The summed E-state index contributed by atoms with van der Waals surface area (Å²) in [6, 6.07) is 10.4. The summed E-state index contributed by atoms with van der Waals surface area (Å²) in [6.07, 6.45) is 1.83. The zero-order valence-electron chi connectivity index (χ0n) is 13.0. The Kier molecular flexibility index (Phi) is 7.50. The van der Waals surface area contributed by atoms with Crippen LogP contribution in [0.1, 0.15) is 39.7 Å². The summed E-state index contributed by atoms with van der Waals surface area (Å²) in [5.74, 6) is 0.446. The second-order valence-electron chi connectivity index (χ2n) is 5.26. The van der Waals surface area contributed by atoms with E-state index in [9.17, 15) is 4.57 Å². The summed E-state index contributed by atoms with van der Waals surface area (Å²) in [4.78, 5) is 0. The van der Waals surface area contributed by atoms with E-state index in [4.69, 9.17) is 9.05 Å². The highest BCUT2D eigenvalue weighted by Crippen LogP contribution is 2.54. The van der Waals surface area contributed by atoms with Gasteiger partial charge in [0.15, 0.2) is 0 Å². The molecule has 1 aromatic carbocycles. The van der Waals surface area contributed by atoms with Crippen molar-refractivity contribution in [2.45, 2.75) is 46.2 Å². The summed E-state index contributed by atoms with van der Waals surface area (Å²) in [6.45, 7) is 8.71. The van der Waals surface area contributed by atoms with Gasteiger partial charge in [0.25, 0.3) is 0 Å². The second-order valence-corrected chi connectivity index (χ2v) is 7.73. The minimum atomic E-state index is -2.97. The van der Waals surface area contributed by atoms with Crippen LogP contribution >= 0.6 is 7.60 Å². The van der Waals surface area contributed by atoms with E-state index in [1.54, 1.807) is 0 Å². The molecule has 0 aliphatic rings. The molecule has 0 heterocycles. The standard InChI is InChI=1S/C16H27O3P/c1-5-18-20(17,19-6-2)15(4)12-14(3)13-16-10-8-7-9-11-16/h7-11,14-15H,5-6,12-13H2,1-4H3. The van der Waals surface area contributed by atoms with Crippen molar-refractivity contribution in [3.8, 4) is 0 Å². The van der Waals surface area contributed by atoms with Crippen LogP contribution in [-0.4, -0.2) is 18.9 Å². The normalized spacial score (nSPS) is 15.0. The van der Waals surface area contributed by atoms with E-state index in [1.165, 1.54) is 5.56 Å². The summed E-state index contributed by atoms with van der Waals surface area (Å²) in [5, 5.41) is 0. The molecule has 0 aromatic heterocycles. The Labute approximate surface area is 123 Å². The van der Waals surface area contributed by atoms with E-state index < -0.39 is 7.60 Å². The maximum absolute atomic E-state index is 12.7. The van der Waals surface area contributed by atoms with Crippen LogP contribution in [0, 0.1) is 5.92 Å². The van der Waals surface area contributed by atoms with Crippen molar-refractivity contribution in [1.82, 2.24) is 0 Å². The highest BCUT2D eigenvalue weighted by molar-refractivity contribution is 7.54. The lowest BCUT2D eigenvalue weighted by molar-refractivity contribution is 0.209. The first-order valence-corrected chi connectivity index (χ1v) is 9.05. The van der Waals surface area contributed by atoms with Crippen molar-refractivity contribution in [1.29, 1.82) is 0 Å². The van der Waals surface area contributed by atoms with Gasteiger partial charge in [-0.25, -0.2) is 0 Å². The number of rotatable bonds is 9. The number of hydrogen-bond donors (Lipinski definition) is 0. The van der Waals surface area contributed by atoms with Gasteiger partial charge in [-0.05, 0) is 38.2 Å². The fourth-order valence-electron chi connectivity index (χ4n) is 2.46. The molecule has 0 spiro atoms. The van der Waals surface area contributed by atoms with Crippen LogP contribution in [0.4, 0.5) is 0 Å². The van der Waals surface area contributed by atoms with Gasteiger partial charge < -0.3 is 9.05 Å². The molecular formula is C16H27O3P. The van der Waals surface area contributed by atoms with Crippen LogP contribution in [0.25, 0.3) is 0 Å². The Morgan fingerprint density at radius 3 is 2.10 bits per heavy atom. The van der Waals surface area contributed by atoms with Gasteiger partial charge in [-0.15, -0.1) is 0 Å². The van der Waals surface area contributed by atoms with E-state index in [-0.39, 0.29) is 5.66 Å². The Balaban J connectivity index is 2.59. The monoisotopic (exact) mass is 298 g/mol. The quantitative estimate of drug-likeness (QED) is 0.608. The Bertz CT molecular complexity index is 409. The Morgan fingerprint density at radius 2 is 1.60 bits per heavy atom. The average Bonchev–Trinajstić information content (AvgIpc) is 2.40. The molecule has 4 heteroatoms. The van der Waals surface area contributed by atoms with Crippen molar-refractivity contribution >= 4 is 7.60 Å². The molecule has 0 aliphatic carbocycles. The van der Waals surface area contributed by atoms with Gasteiger partial charge in [0.2, 0.25) is 0 Å². The van der Waals surface area contributed by atoms with Crippen LogP contribution in [0.2, 0.25) is 0 Å². The van der Waals surface area contributed by atoms with Crippen molar-refractivity contribution in [2.75, 3.05) is 13.2 Å². The van der Waals surface area contributed by atoms with Gasteiger partial charge in [-0.2, -0.15) is 0 Å². The molecule has 0 aliphatic heterocycles. The topological polar surface area (TPSA) is 35.5 Å². The van der Waals surface area contributed by atoms with Crippen molar-refractivity contribution in [2.24, 2.45) is 5.92 Å². The third-order valence-corrected chi connectivity index (χ3v) is 5.86. The van der Waals surface area contributed by atoms with Crippen molar-refractivity contribution < 1.29 is 13.6 Å². The highest BCUT2D eigenvalue weighted by Gasteiger charge is 2.32. The van der Waals surface area contributed by atoms with Gasteiger partial charge >= 0.3 is 7.60 Å². The first-order valence-electron chi connectivity index (χ1n) is 7.44. The first-order chi connectivity index (χ1) is 9.51. The minimum Gasteiger partial charge on any atom is -0.309 e. The smallest absolute Gasteiger partial charge is 0.309 e. The first kappa shape index (κ1) is 17.4. The number of benzene rings is 1. The summed E-state index contributed by atoms with van der Waals surface area (Å²) < 4.78 is 23.5. The summed E-state index contributed by atoms with van der Waals surface area (Å²) >= 11 is 0. The average molecular weight is 298 g/mol. The van der Waals surface area contributed by atoms with E-state index in [2.05, 4.69) is 31.2 Å². The van der Waals surface area contributed by atoms with E-state index in [1.807, 2.05) is 26.8 Å². The SMILES string of the molecule is CCOP(=O)(OCC)C(C)CC(C)Cc1ccccc1. The predicted octanol–water partition coefficient (Wildman–Crippen LogP) is 4.91. The Morgan fingerprint density at radius 1 is 1.05 bits per heavy atom. The third kappa shape index (κ3) is 5.40. The minimum absolute atomic E-state index is 0.0684.